The third kappa shape index (κ3) is 2.74. The van der Waals surface area contributed by atoms with Crippen LogP contribution in [0, 0.1) is 13.8 Å². The fraction of sp³-hybridized carbons (Fsp3) is 0.333. The first-order valence-corrected chi connectivity index (χ1v) is 7.51. The van der Waals surface area contributed by atoms with E-state index in [0.29, 0.717) is 5.75 Å². The quantitative estimate of drug-likeness (QED) is 0.787. The van der Waals surface area contributed by atoms with E-state index in [1.54, 1.807) is 0 Å². The summed E-state index contributed by atoms with van der Waals surface area (Å²) in [7, 11) is 0. The molecule has 3 nitrogen and oxygen atoms in total. The van der Waals surface area contributed by atoms with Gasteiger partial charge in [0.05, 0.1) is 6.04 Å². The lowest BCUT2D eigenvalue weighted by atomic mass is 9.98. The standard InChI is InChI=1S/C18H22N2O/c1-12-7-8-16(13(2)18(12)21)20-17-9-10-19-11-14-5-3-4-6-15(14)17/h3-8,17,19-21H,9-11H2,1-2H3. The first-order valence-electron chi connectivity index (χ1n) is 7.51. The first kappa shape index (κ1) is 14.0. The van der Waals surface area contributed by atoms with Gasteiger partial charge in [0.2, 0.25) is 0 Å². The van der Waals surface area contributed by atoms with Crippen molar-refractivity contribution in [1.29, 1.82) is 0 Å². The minimum atomic E-state index is 0.275. The molecule has 3 N–H and O–H groups in total. The molecule has 0 fully saturated rings. The highest BCUT2D eigenvalue weighted by molar-refractivity contribution is 5.60. The monoisotopic (exact) mass is 282 g/mol. The number of fused-ring (bicyclic) bond motifs is 1. The number of anilines is 1. The van der Waals surface area contributed by atoms with Crippen LogP contribution in [0.3, 0.4) is 0 Å². The number of aromatic hydroxyl groups is 1. The van der Waals surface area contributed by atoms with Gasteiger partial charge in [-0.25, -0.2) is 0 Å². The van der Waals surface area contributed by atoms with Crippen LogP contribution in [0.25, 0.3) is 0 Å². The first-order chi connectivity index (χ1) is 10.2. The predicted molar refractivity (Wildman–Crippen MR) is 86.7 cm³/mol. The molecule has 0 bridgehead atoms. The Bertz CT molecular complexity index is 652. The number of rotatable bonds is 2. The van der Waals surface area contributed by atoms with Gasteiger partial charge in [-0.15, -0.1) is 0 Å². The molecule has 0 spiro atoms. The van der Waals surface area contributed by atoms with Gasteiger partial charge >= 0.3 is 0 Å². The molecule has 3 heteroatoms. The second-order valence-electron chi connectivity index (χ2n) is 5.76. The molecule has 0 aliphatic carbocycles. The summed E-state index contributed by atoms with van der Waals surface area (Å²) in [6.45, 7) is 5.80. The van der Waals surface area contributed by atoms with Crippen LogP contribution in [0.15, 0.2) is 36.4 Å². The summed E-state index contributed by atoms with van der Waals surface area (Å²) in [5.41, 5.74) is 5.55. The van der Waals surface area contributed by atoms with Gasteiger partial charge in [0.25, 0.3) is 0 Å². The van der Waals surface area contributed by atoms with Gasteiger partial charge in [0.15, 0.2) is 0 Å². The van der Waals surface area contributed by atoms with Crippen LogP contribution >= 0.6 is 0 Å². The Morgan fingerprint density at radius 1 is 1.14 bits per heavy atom. The van der Waals surface area contributed by atoms with Crippen LogP contribution in [-0.2, 0) is 6.54 Å². The molecule has 110 valence electrons. The van der Waals surface area contributed by atoms with Gasteiger partial charge in [0, 0.05) is 17.8 Å². The third-order valence-electron chi connectivity index (χ3n) is 4.32. The van der Waals surface area contributed by atoms with E-state index in [0.717, 1.165) is 36.3 Å². The summed E-state index contributed by atoms with van der Waals surface area (Å²) < 4.78 is 0. The molecule has 0 saturated carbocycles. The van der Waals surface area contributed by atoms with Crippen LogP contribution in [0.4, 0.5) is 5.69 Å². The van der Waals surface area contributed by atoms with Crippen molar-refractivity contribution in [2.24, 2.45) is 0 Å². The molecule has 2 aromatic rings. The van der Waals surface area contributed by atoms with Crippen LogP contribution in [0.1, 0.15) is 34.7 Å². The topological polar surface area (TPSA) is 44.3 Å². The minimum Gasteiger partial charge on any atom is -0.507 e. The van der Waals surface area contributed by atoms with Crippen LogP contribution in [0.2, 0.25) is 0 Å². The maximum Gasteiger partial charge on any atom is 0.123 e. The molecule has 3 rings (SSSR count). The molecular weight excluding hydrogens is 260 g/mol. The zero-order valence-electron chi connectivity index (χ0n) is 12.6. The van der Waals surface area contributed by atoms with E-state index in [1.807, 2.05) is 19.9 Å². The van der Waals surface area contributed by atoms with Gasteiger partial charge < -0.3 is 15.7 Å². The van der Waals surface area contributed by atoms with E-state index >= 15 is 0 Å². The highest BCUT2D eigenvalue weighted by atomic mass is 16.3. The number of phenols is 1. The zero-order chi connectivity index (χ0) is 14.8. The van der Waals surface area contributed by atoms with Gasteiger partial charge in [-0.3, -0.25) is 0 Å². The average molecular weight is 282 g/mol. The molecule has 1 heterocycles. The molecular formula is C18H22N2O. The summed E-state index contributed by atoms with van der Waals surface area (Å²) in [4.78, 5) is 0. The Balaban J connectivity index is 1.93. The molecule has 0 saturated heterocycles. The van der Waals surface area contributed by atoms with E-state index < -0.39 is 0 Å². The lowest BCUT2D eigenvalue weighted by Crippen LogP contribution is -2.15. The van der Waals surface area contributed by atoms with E-state index in [-0.39, 0.29) is 6.04 Å². The number of hydrogen-bond donors (Lipinski definition) is 3. The summed E-state index contributed by atoms with van der Waals surface area (Å²) in [5, 5.41) is 17.2. The third-order valence-corrected chi connectivity index (χ3v) is 4.32. The van der Waals surface area contributed by atoms with Gasteiger partial charge in [-0.2, -0.15) is 0 Å². The Morgan fingerprint density at radius 2 is 1.95 bits per heavy atom. The number of aryl methyl sites for hydroxylation is 1. The second kappa shape index (κ2) is 5.78. The molecule has 1 atom stereocenters. The second-order valence-corrected chi connectivity index (χ2v) is 5.76. The number of phenolic OH excluding ortho intramolecular Hbond substituents is 1. The average Bonchev–Trinajstić information content (AvgIpc) is 2.70. The van der Waals surface area contributed by atoms with Crippen molar-refractivity contribution in [1.82, 2.24) is 5.32 Å². The van der Waals surface area contributed by atoms with Crippen molar-refractivity contribution in [3.8, 4) is 5.75 Å². The lowest BCUT2D eigenvalue weighted by Gasteiger charge is -2.22. The molecule has 1 aliphatic rings. The highest BCUT2D eigenvalue weighted by Crippen LogP contribution is 2.33. The SMILES string of the molecule is Cc1ccc(NC2CCNCc3ccccc32)c(C)c1O. The molecule has 0 radical (unpaired) electrons. The van der Waals surface area contributed by atoms with E-state index in [1.165, 1.54) is 11.1 Å². The van der Waals surface area contributed by atoms with Crippen LogP contribution in [-0.4, -0.2) is 11.7 Å². The highest BCUT2D eigenvalue weighted by Gasteiger charge is 2.19. The maximum absolute atomic E-state index is 10.1. The van der Waals surface area contributed by atoms with Gasteiger partial charge in [-0.1, -0.05) is 30.3 Å². The normalized spacial score (nSPS) is 17.9. The van der Waals surface area contributed by atoms with Crippen LogP contribution < -0.4 is 10.6 Å². The van der Waals surface area contributed by atoms with Crippen molar-refractivity contribution in [3.05, 3.63) is 58.7 Å². The summed E-state index contributed by atoms with van der Waals surface area (Å²) >= 11 is 0. The summed E-state index contributed by atoms with van der Waals surface area (Å²) in [6.07, 6.45) is 1.03. The Morgan fingerprint density at radius 3 is 2.81 bits per heavy atom. The molecule has 1 aliphatic heterocycles. The van der Waals surface area contributed by atoms with Crippen molar-refractivity contribution in [2.75, 3.05) is 11.9 Å². The van der Waals surface area contributed by atoms with Crippen LogP contribution in [0.5, 0.6) is 5.75 Å². The van der Waals surface area contributed by atoms with E-state index in [2.05, 4.69) is 41.0 Å². The summed E-state index contributed by atoms with van der Waals surface area (Å²) in [6, 6.07) is 12.9. The molecule has 2 aromatic carbocycles. The lowest BCUT2D eigenvalue weighted by molar-refractivity contribution is 0.467. The smallest absolute Gasteiger partial charge is 0.123 e. The molecule has 0 aromatic heterocycles. The van der Waals surface area contributed by atoms with Crippen molar-refractivity contribution >= 4 is 5.69 Å². The van der Waals surface area contributed by atoms with Gasteiger partial charge in [-0.05, 0) is 49.6 Å². The number of benzene rings is 2. The Hall–Kier alpha value is -2.00. The minimum absolute atomic E-state index is 0.275. The molecule has 0 amide bonds. The van der Waals surface area contributed by atoms with E-state index in [9.17, 15) is 5.11 Å². The fourth-order valence-electron chi connectivity index (χ4n) is 2.99. The van der Waals surface area contributed by atoms with E-state index in [4.69, 9.17) is 0 Å². The maximum atomic E-state index is 10.1. The number of nitrogens with one attached hydrogen (secondary N) is 2. The van der Waals surface area contributed by atoms with Gasteiger partial charge in [0.1, 0.15) is 5.75 Å². The zero-order valence-corrected chi connectivity index (χ0v) is 12.6. The summed E-state index contributed by atoms with van der Waals surface area (Å²) in [5.74, 6) is 0.389. The number of hydrogen-bond acceptors (Lipinski definition) is 3. The van der Waals surface area contributed by atoms with Crippen molar-refractivity contribution in [2.45, 2.75) is 32.9 Å². The Labute approximate surface area is 126 Å². The Kier molecular flexibility index (Phi) is 3.84. The largest absolute Gasteiger partial charge is 0.507 e. The molecule has 21 heavy (non-hydrogen) atoms. The molecule has 1 unspecified atom stereocenters. The van der Waals surface area contributed by atoms with Crippen molar-refractivity contribution in [3.63, 3.8) is 0 Å². The fourth-order valence-corrected chi connectivity index (χ4v) is 2.99. The predicted octanol–water partition coefficient (Wildman–Crippen LogP) is 3.66. The van der Waals surface area contributed by atoms with Crippen molar-refractivity contribution < 1.29 is 5.11 Å².